The zero-order chi connectivity index (χ0) is 13.4. The summed E-state index contributed by atoms with van der Waals surface area (Å²) in [7, 11) is 0. The molecule has 94 valence electrons. The van der Waals surface area contributed by atoms with Crippen LogP contribution >= 0.6 is 0 Å². The summed E-state index contributed by atoms with van der Waals surface area (Å²) in [6, 6.07) is 15.4. The van der Waals surface area contributed by atoms with Gasteiger partial charge in [0.1, 0.15) is 0 Å². The highest BCUT2D eigenvalue weighted by atomic mass is 16.3. The molecule has 3 rings (SSSR count). The SMILES string of the molecule is Cc1c(O)c(=O)ccn1-c1cccc2ccccc12. The van der Waals surface area contributed by atoms with Crippen molar-refractivity contribution in [3.8, 4) is 11.4 Å². The molecule has 0 spiro atoms. The van der Waals surface area contributed by atoms with Crippen LogP contribution in [-0.2, 0) is 0 Å². The van der Waals surface area contributed by atoms with Gasteiger partial charge in [0.15, 0.2) is 5.75 Å². The summed E-state index contributed by atoms with van der Waals surface area (Å²) in [5.74, 6) is -0.199. The van der Waals surface area contributed by atoms with Crippen molar-refractivity contribution in [3.05, 3.63) is 70.6 Å². The summed E-state index contributed by atoms with van der Waals surface area (Å²) >= 11 is 0. The van der Waals surface area contributed by atoms with E-state index in [1.54, 1.807) is 13.1 Å². The third-order valence-corrected chi connectivity index (χ3v) is 3.34. The van der Waals surface area contributed by atoms with Crippen molar-refractivity contribution in [1.29, 1.82) is 0 Å². The van der Waals surface area contributed by atoms with Crippen molar-refractivity contribution in [3.63, 3.8) is 0 Å². The van der Waals surface area contributed by atoms with Gasteiger partial charge in [0.2, 0.25) is 5.43 Å². The lowest BCUT2D eigenvalue weighted by molar-refractivity contribution is 0.459. The molecular formula is C16H13NO2. The number of hydrogen-bond donors (Lipinski definition) is 1. The first-order valence-corrected chi connectivity index (χ1v) is 6.08. The summed E-state index contributed by atoms with van der Waals surface area (Å²) in [6.07, 6.45) is 1.69. The Morgan fingerprint density at radius 2 is 1.74 bits per heavy atom. The van der Waals surface area contributed by atoms with Crippen molar-refractivity contribution < 1.29 is 5.11 Å². The number of nitrogens with zero attached hydrogens (tertiary/aromatic N) is 1. The normalized spacial score (nSPS) is 10.8. The number of aromatic nitrogens is 1. The van der Waals surface area contributed by atoms with Gasteiger partial charge < -0.3 is 9.67 Å². The fourth-order valence-electron chi connectivity index (χ4n) is 2.30. The molecule has 19 heavy (non-hydrogen) atoms. The quantitative estimate of drug-likeness (QED) is 0.722. The lowest BCUT2D eigenvalue weighted by Gasteiger charge is -2.14. The minimum atomic E-state index is -0.353. The van der Waals surface area contributed by atoms with Gasteiger partial charge in [-0.2, -0.15) is 0 Å². The zero-order valence-electron chi connectivity index (χ0n) is 10.5. The van der Waals surface area contributed by atoms with Gasteiger partial charge in [-0.25, -0.2) is 0 Å². The van der Waals surface area contributed by atoms with Crippen molar-refractivity contribution >= 4 is 10.8 Å². The topological polar surface area (TPSA) is 42.2 Å². The number of hydrogen-bond acceptors (Lipinski definition) is 2. The maximum Gasteiger partial charge on any atom is 0.223 e. The van der Waals surface area contributed by atoms with Gasteiger partial charge in [-0.3, -0.25) is 4.79 Å². The Kier molecular flexibility index (Phi) is 2.60. The summed E-state index contributed by atoms with van der Waals surface area (Å²) < 4.78 is 1.83. The number of fused-ring (bicyclic) bond motifs is 1. The Hall–Kier alpha value is -2.55. The van der Waals surface area contributed by atoms with Gasteiger partial charge in [-0.15, -0.1) is 0 Å². The van der Waals surface area contributed by atoms with Crippen LogP contribution in [0, 0.1) is 6.92 Å². The highest BCUT2D eigenvalue weighted by Gasteiger charge is 2.08. The van der Waals surface area contributed by atoms with Crippen LogP contribution in [0.1, 0.15) is 5.69 Å². The standard InChI is InChI=1S/C16H13NO2/c1-11-16(19)15(18)9-10-17(11)14-8-4-6-12-5-2-3-7-13(12)14/h2-10,19H,1H3. The van der Waals surface area contributed by atoms with E-state index in [9.17, 15) is 9.90 Å². The smallest absolute Gasteiger partial charge is 0.223 e. The lowest BCUT2D eigenvalue weighted by atomic mass is 10.1. The molecule has 0 fully saturated rings. The first-order chi connectivity index (χ1) is 9.18. The van der Waals surface area contributed by atoms with Crippen LogP contribution in [0.2, 0.25) is 0 Å². The van der Waals surface area contributed by atoms with Crippen LogP contribution in [0.3, 0.4) is 0 Å². The van der Waals surface area contributed by atoms with Gasteiger partial charge in [-0.05, 0) is 18.4 Å². The van der Waals surface area contributed by atoms with E-state index in [0.717, 1.165) is 16.5 Å². The minimum Gasteiger partial charge on any atom is -0.503 e. The van der Waals surface area contributed by atoms with Crippen LogP contribution in [0.25, 0.3) is 16.5 Å². The molecule has 0 radical (unpaired) electrons. The first kappa shape index (κ1) is 11.5. The minimum absolute atomic E-state index is 0.199. The molecule has 0 saturated carbocycles. The number of benzene rings is 2. The molecule has 0 unspecified atom stereocenters. The van der Waals surface area contributed by atoms with Gasteiger partial charge in [0.25, 0.3) is 0 Å². The Labute approximate surface area is 110 Å². The second-order valence-corrected chi connectivity index (χ2v) is 4.48. The van der Waals surface area contributed by atoms with Gasteiger partial charge >= 0.3 is 0 Å². The van der Waals surface area contributed by atoms with Crippen LogP contribution in [0.15, 0.2) is 59.5 Å². The van der Waals surface area contributed by atoms with E-state index >= 15 is 0 Å². The molecule has 3 aromatic rings. The van der Waals surface area contributed by atoms with Crippen molar-refractivity contribution in [2.75, 3.05) is 0 Å². The zero-order valence-corrected chi connectivity index (χ0v) is 10.5. The maximum absolute atomic E-state index is 11.4. The van der Waals surface area contributed by atoms with E-state index in [2.05, 4.69) is 0 Å². The fourth-order valence-corrected chi connectivity index (χ4v) is 2.30. The molecule has 3 nitrogen and oxygen atoms in total. The average Bonchev–Trinajstić information content (AvgIpc) is 2.45. The summed E-state index contributed by atoms with van der Waals surface area (Å²) in [4.78, 5) is 11.4. The van der Waals surface area contributed by atoms with Gasteiger partial charge in [-0.1, -0.05) is 36.4 Å². The summed E-state index contributed by atoms with van der Waals surface area (Å²) in [5.41, 5.74) is 1.14. The predicted molar refractivity (Wildman–Crippen MR) is 75.9 cm³/mol. The molecule has 1 aromatic heterocycles. The number of aromatic hydroxyl groups is 1. The summed E-state index contributed by atoms with van der Waals surface area (Å²) in [5, 5.41) is 12.0. The molecule has 1 N–H and O–H groups in total. The highest BCUT2D eigenvalue weighted by molar-refractivity contribution is 5.90. The third-order valence-electron chi connectivity index (χ3n) is 3.34. The Balaban J connectivity index is 2.37. The third kappa shape index (κ3) is 1.80. The molecule has 0 aliphatic carbocycles. The van der Waals surface area contributed by atoms with E-state index in [-0.39, 0.29) is 11.2 Å². The molecule has 0 saturated heterocycles. The molecule has 0 atom stereocenters. The Morgan fingerprint density at radius 1 is 1.00 bits per heavy atom. The number of pyridine rings is 1. The Bertz CT molecular complexity index is 813. The van der Waals surface area contributed by atoms with Crippen LogP contribution < -0.4 is 5.43 Å². The molecule has 1 heterocycles. The van der Waals surface area contributed by atoms with Crippen molar-refractivity contribution in [1.82, 2.24) is 4.57 Å². The van der Waals surface area contributed by atoms with Crippen LogP contribution in [0.4, 0.5) is 0 Å². The largest absolute Gasteiger partial charge is 0.503 e. The second kappa shape index (κ2) is 4.28. The van der Waals surface area contributed by atoms with E-state index in [1.165, 1.54) is 6.07 Å². The van der Waals surface area contributed by atoms with E-state index in [1.807, 2.05) is 47.0 Å². The van der Waals surface area contributed by atoms with Gasteiger partial charge in [0, 0.05) is 17.6 Å². The van der Waals surface area contributed by atoms with Crippen LogP contribution in [0.5, 0.6) is 5.75 Å². The monoisotopic (exact) mass is 251 g/mol. The summed E-state index contributed by atoms with van der Waals surface area (Å²) in [6.45, 7) is 1.73. The van der Waals surface area contributed by atoms with E-state index in [0.29, 0.717) is 5.69 Å². The fraction of sp³-hybridized carbons (Fsp3) is 0.0625. The highest BCUT2D eigenvalue weighted by Crippen LogP contribution is 2.24. The van der Waals surface area contributed by atoms with E-state index in [4.69, 9.17) is 0 Å². The molecule has 0 aliphatic heterocycles. The van der Waals surface area contributed by atoms with Crippen molar-refractivity contribution in [2.45, 2.75) is 6.92 Å². The maximum atomic E-state index is 11.4. The number of rotatable bonds is 1. The van der Waals surface area contributed by atoms with E-state index < -0.39 is 0 Å². The molecule has 0 bridgehead atoms. The molecule has 0 aliphatic rings. The molecular weight excluding hydrogens is 238 g/mol. The second-order valence-electron chi connectivity index (χ2n) is 4.48. The molecule has 2 aromatic carbocycles. The van der Waals surface area contributed by atoms with Crippen LogP contribution in [-0.4, -0.2) is 9.67 Å². The molecule has 3 heteroatoms. The lowest BCUT2D eigenvalue weighted by Crippen LogP contribution is -2.08. The predicted octanol–water partition coefficient (Wildman–Crippen LogP) is 3.00. The first-order valence-electron chi connectivity index (χ1n) is 6.08. The average molecular weight is 251 g/mol. The Morgan fingerprint density at radius 3 is 2.58 bits per heavy atom. The molecule has 0 amide bonds. The van der Waals surface area contributed by atoms with Gasteiger partial charge in [0.05, 0.1) is 11.4 Å². The van der Waals surface area contributed by atoms with Crippen molar-refractivity contribution in [2.24, 2.45) is 0 Å².